The second kappa shape index (κ2) is 8.57. The third-order valence-electron chi connectivity index (χ3n) is 3.86. The lowest BCUT2D eigenvalue weighted by Crippen LogP contribution is -2.41. The number of aliphatic hydroxyl groups excluding tert-OH is 2. The number of aromatic nitrogens is 1. The second-order valence-electron chi connectivity index (χ2n) is 5.74. The molecule has 2 heterocycles. The summed E-state index contributed by atoms with van der Waals surface area (Å²) in [7, 11) is 0. The van der Waals surface area contributed by atoms with Crippen LogP contribution in [0.2, 0.25) is 0 Å². The van der Waals surface area contributed by atoms with E-state index in [9.17, 15) is 14.6 Å². The Kier molecular flexibility index (Phi) is 5.95. The van der Waals surface area contributed by atoms with E-state index in [1.807, 2.05) is 0 Å². The zero-order chi connectivity index (χ0) is 19.2. The average molecular weight is 385 g/mol. The van der Waals surface area contributed by atoms with Gasteiger partial charge in [-0.25, -0.2) is 4.39 Å². The molecule has 0 radical (unpaired) electrons. The molecule has 0 amide bonds. The predicted octanol–water partition coefficient (Wildman–Crippen LogP) is 3.20. The van der Waals surface area contributed by atoms with Gasteiger partial charge in [-0.15, -0.1) is 0 Å². The summed E-state index contributed by atoms with van der Waals surface area (Å²) in [6.07, 6.45) is 4.93. The average Bonchev–Trinajstić information content (AvgIpc) is 3.21. The number of thiocarbonyl (C=S) groups is 1. The molecular formula is C20H18FN2O3S+. The summed E-state index contributed by atoms with van der Waals surface area (Å²) in [5.41, 5.74) is 1.37. The number of furan rings is 1. The Bertz CT molecular complexity index is 954. The van der Waals surface area contributed by atoms with Crippen LogP contribution in [0.5, 0.6) is 0 Å². The van der Waals surface area contributed by atoms with Gasteiger partial charge in [-0.3, -0.25) is 0 Å². The first-order valence-electron chi connectivity index (χ1n) is 8.19. The van der Waals surface area contributed by atoms with E-state index < -0.39 is 5.82 Å². The van der Waals surface area contributed by atoms with Gasteiger partial charge in [-0.2, -0.15) is 4.57 Å². The van der Waals surface area contributed by atoms with E-state index in [-0.39, 0.29) is 17.4 Å². The second-order valence-corrected chi connectivity index (χ2v) is 6.15. The van der Waals surface area contributed by atoms with Gasteiger partial charge in [0.1, 0.15) is 11.6 Å². The van der Waals surface area contributed by atoms with E-state index in [0.29, 0.717) is 29.1 Å². The molecule has 1 aromatic carbocycles. The van der Waals surface area contributed by atoms with Crippen LogP contribution in [0.1, 0.15) is 16.9 Å². The Labute approximate surface area is 161 Å². The first-order valence-corrected chi connectivity index (χ1v) is 8.60. The number of hydrogen-bond donors (Lipinski definition) is 3. The number of halogens is 1. The van der Waals surface area contributed by atoms with Crippen molar-refractivity contribution in [3.8, 4) is 0 Å². The largest absolute Gasteiger partial charge is 0.502 e. The van der Waals surface area contributed by atoms with Gasteiger partial charge in [-0.1, -0.05) is 12.2 Å². The quantitative estimate of drug-likeness (QED) is 0.263. The topological polar surface area (TPSA) is 69.5 Å². The van der Waals surface area contributed by atoms with Crippen LogP contribution < -0.4 is 9.88 Å². The summed E-state index contributed by atoms with van der Waals surface area (Å²) in [6.45, 7) is 0.185. The molecule has 138 valence electrons. The van der Waals surface area contributed by atoms with Gasteiger partial charge >= 0.3 is 0 Å². The molecule has 0 aliphatic heterocycles. The third-order valence-corrected chi connectivity index (χ3v) is 4.20. The Morgan fingerprint density at radius 2 is 1.93 bits per heavy atom. The minimum Gasteiger partial charge on any atom is -0.502 e. The summed E-state index contributed by atoms with van der Waals surface area (Å²) < 4.78 is 20.1. The standard InChI is InChI=1S/C20H17FN2O3S/c21-16-7-5-15(6-8-16)19(25)18(23-9-1-3-14(12-23)13-24)20(27)22-11-17-4-2-10-26-17/h1-10,12,24H,11,13H2,(H-,22,25,27)/p+1. The highest BCUT2D eigenvalue weighted by Crippen LogP contribution is 2.18. The molecule has 0 aliphatic rings. The first-order chi connectivity index (χ1) is 13.1. The Morgan fingerprint density at radius 1 is 1.15 bits per heavy atom. The molecule has 2 aromatic heterocycles. The molecule has 0 aliphatic carbocycles. The summed E-state index contributed by atoms with van der Waals surface area (Å²) in [6, 6.07) is 12.5. The van der Waals surface area contributed by atoms with Gasteiger partial charge in [0.15, 0.2) is 23.1 Å². The lowest BCUT2D eigenvalue weighted by atomic mass is 10.1. The van der Waals surface area contributed by atoms with Crippen LogP contribution in [0.4, 0.5) is 4.39 Å². The fourth-order valence-electron chi connectivity index (χ4n) is 2.51. The molecule has 0 fully saturated rings. The highest BCUT2D eigenvalue weighted by Gasteiger charge is 2.24. The zero-order valence-electron chi connectivity index (χ0n) is 14.3. The Balaban J connectivity index is 2.00. The smallest absolute Gasteiger partial charge is 0.288 e. The monoisotopic (exact) mass is 385 g/mol. The molecule has 0 unspecified atom stereocenters. The maximum Gasteiger partial charge on any atom is 0.288 e. The molecule has 7 heteroatoms. The minimum absolute atomic E-state index is 0.118. The van der Waals surface area contributed by atoms with Gasteiger partial charge in [0.25, 0.3) is 5.70 Å². The third kappa shape index (κ3) is 4.58. The molecule has 5 nitrogen and oxygen atoms in total. The fraction of sp³-hybridized carbons (Fsp3) is 0.100. The lowest BCUT2D eigenvalue weighted by Gasteiger charge is -2.10. The molecule has 3 N–H and O–H groups in total. The van der Waals surface area contributed by atoms with E-state index in [1.165, 1.54) is 24.3 Å². The van der Waals surface area contributed by atoms with Crippen LogP contribution in [0.15, 0.2) is 71.6 Å². The number of nitrogens with zero attached hydrogens (tertiary/aromatic N) is 1. The summed E-state index contributed by atoms with van der Waals surface area (Å²) in [4.78, 5) is 0.272. The summed E-state index contributed by atoms with van der Waals surface area (Å²) in [5.74, 6) is 0.167. The van der Waals surface area contributed by atoms with E-state index in [2.05, 4.69) is 5.32 Å². The van der Waals surface area contributed by atoms with Crippen LogP contribution in [-0.2, 0) is 13.2 Å². The predicted molar refractivity (Wildman–Crippen MR) is 103 cm³/mol. The zero-order valence-corrected chi connectivity index (χ0v) is 15.1. The van der Waals surface area contributed by atoms with E-state index in [0.717, 1.165) is 0 Å². The van der Waals surface area contributed by atoms with Crippen molar-refractivity contribution in [1.29, 1.82) is 0 Å². The molecule has 0 atom stereocenters. The van der Waals surface area contributed by atoms with Crippen LogP contribution in [0.3, 0.4) is 0 Å². The maximum absolute atomic E-state index is 13.2. The first kappa shape index (κ1) is 18.8. The normalized spacial score (nSPS) is 11.8. The summed E-state index contributed by atoms with van der Waals surface area (Å²) >= 11 is 5.48. The number of aliphatic hydroxyl groups is 2. The molecule has 0 bridgehead atoms. The molecule has 0 spiro atoms. The number of hydrogen-bond acceptors (Lipinski definition) is 4. The van der Waals surface area contributed by atoms with Crippen LogP contribution in [0.25, 0.3) is 11.5 Å². The number of rotatable bonds is 6. The highest BCUT2D eigenvalue weighted by atomic mass is 32.1. The van der Waals surface area contributed by atoms with E-state index in [4.69, 9.17) is 16.6 Å². The van der Waals surface area contributed by atoms with Gasteiger partial charge in [0.05, 0.1) is 19.4 Å². The van der Waals surface area contributed by atoms with Crippen LogP contribution in [0, 0.1) is 5.82 Å². The molecule has 3 aromatic rings. The molecule has 0 saturated heterocycles. The SMILES string of the molecule is OCc1ccc[n+](/C(C(=S)NCc2ccco2)=C(/O)c2ccc(F)cc2)c1. The van der Waals surface area contributed by atoms with Crippen molar-refractivity contribution in [2.45, 2.75) is 13.2 Å². The van der Waals surface area contributed by atoms with Crippen LogP contribution >= 0.6 is 12.2 Å². The molecule has 0 saturated carbocycles. The van der Waals surface area contributed by atoms with E-state index in [1.54, 1.807) is 47.5 Å². The van der Waals surface area contributed by atoms with Crippen molar-refractivity contribution in [3.63, 3.8) is 0 Å². The minimum atomic E-state index is -0.401. The van der Waals surface area contributed by atoms with Gasteiger partial charge in [0, 0.05) is 17.2 Å². The lowest BCUT2D eigenvalue weighted by molar-refractivity contribution is -0.576. The number of pyridine rings is 1. The maximum atomic E-state index is 13.2. The molecule has 3 rings (SSSR count). The van der Waals surface area contributed by atoms with Gasteiger partial charge < -0.3 is 19.9 Å². The van der Waals surface area contributed by atoms with Crippen molar-refractivity contribution >= 4 is 28.7 Å². The van der Waals surface area contributed by atoms with Crippen molar-refractivity contribution < 1.29 is 23.6 Å². The number of benzene rings is 1. The highest BCUT2D eigenvalue weighted by molar-refractivity contribution is 7.81. The van der Waals surface area contributed by atoms with Crippen molar-refractivity contribution in [2.24, 2.45) is 0 Å². The molecule has 27 heavy (non-hydrogen) atoms. The summed E-state index contributed by atoms with van der Waals surface area (Å²) in [5, 5.41) is 23.3. The number of nitrogens with one attached hydrogen (secondary N) is 1. The van der Waals surface area contributed by atoms with Gasteiger partial charge in [0.2, 0.25) is 0 Å². The van der Waals surface area contributed by atoms with E-state index >= 15 is 0 Å². The molecular weight excluding hydrogens is 367 g/mol. The van der Waals surface area contributed by atoms with Crippen molar-refractivity contribution in [1.82, 2.24) is 5.32 Å². The Morgan fingerprint density at radius 3 is 2.59 bits per heavy atom. The fourth-order valence-corrected chi connectivity index (χ4v) is 2.79. The van der Waals surface area contributed by atoms with Gasteiger partial charge in [-0.05, 0) is 42.5 Å². The van der Waals surface area contributed by atoms with Crippen molar-refractivity contribution in [3.05, 3.63) is 89.9 Å². The van der Waals surface area contributed by atoms with Crippen LogP contribution in [-0.4, -0.2) is 15.2 Å². The van der Waals surface area contributed by atoms with Crippen molar-refractivity contribution in [2.75, 3.05) is 0 Å². The Hall–Kier alpha value is -3.03.